The van der Waals surface area contributed by atoms with Crippen molar-refractivity contribution >= 4 is 5.57 Å². The Balaban J connectivity index is 2.99. The van der Waals surface area contributed by atoms with E-state index in [1.807, 2.05) is 19.9 Å². The molecule has 1 N–H and O–H groups in total. The molecule has 0 spiro atoms. The third kappa shape index (κ3) is 1.96. The van der Waals surface area contributed by atoms with Crippen molar-refractivity contribution < 1.29 is 4.74 Å². The Morgan fingerprint density at radius 2 is 2.31 bits per heavy atom. The quantitative estimate of drug-likeness (QED) is 0.567. The lowest BCUT2D eigenvalue weighted by Gasteiger charge is -2.04. The number of H-pyrrole nitrogens is 1. The summed E-state index contributed by atoms with van der Waals surface area (Å²) in [6.45, 7) is 7.49. The van der Waals surface area contributed by atoms with Gasteiger partial charge in [-0.2, -0.15) is 5.10 Å². The smallest absolute Gasteiger partial charge is 0.184 e. The van der Waals surface area contributed by atoms with Gasteiger partial charge in [0, 0.05) is 0 Å². The molecule has 0 saturated heterocycles. The van der Waals surface area contributed by atoms with E-state index in [2.05, 4.69) is 21.8 Å². The molecule has 1 aromatic heterocycles. The zero-order valence-corrected chi connectivity index (χ0v) is 8.09. The highest BCUT2D eigenvalue weighted by atomic mass is 16.5. The van der Waals surface area contributed by atoms with Crippen molar-refractivity contribution in [1.29, 1.82) is 0 Å². The number of nitrogens with zero attached hydrogens (tertiary/aromatic N) is 2. The molecular weight excluding hydrogens is 166 g/mol. The topological polar surface area (TPSA) is 50.8 Å². The van der Waals surface area contributed by atoms with Crippen molar-refractivity contribution in [2.24, 2.45) is 0 Å². The molecule has 0 unspecified atom stereocenters. The molecule has 0 fully saturated rings. The number of aromatic amines is 1. The Morgan fingerprint density at radius 1 is 1.62 bits per heavy atom. The van der Waals surface area contributed by atoms with Crippen LogP contribution in [0.4, 0.5) is 0 Å². The average molecular weight is 179 g/mol. The van der Waals surface area contributed by atoms with Gasteiger partial charge in [0.2, 0.25) is 0 Å². The molecule has 70 valence electrons. The molecule has 0 aliphatic heterocycles. The van der Waals surface area contributed by atoms with Gasteiger partial charge >= 0.3 is 0 Å². The minimum atomic E-state index is 0.571. The standard InChI is InChI=1S/C9H13N3O/c1-5-8(6(2)13-4)9-10-7(3)11-12-9/h5H,2H2,1,3-4H3,(H,10,11,12)/b8-5+. The zero-order chi connectivity index (χ0) is 9.84. The fraction of sp³-hybridized carbons (Fsp3) is 0.333. The largest absolute Gasteiger partial charge is 0.497 e. The highest BCUT2D eigenvalue weighted by Crippen LogP contribution is 2.17. The summed E-state index contributed by atoms with van der Waals surface area (Å²) in [5.74, 6) is 1.96. The molecule has 0 aliphatic rings. The van der Waals surface area contributed by atoms with E-state index in [9.17, 15) is 0 Å². The third-order valence-corrected chi connectivity index (χ3v) is 1.67. The first-order valence-corrected chi connectivity index (χ1v) is 3.98. The van der Waals surface area contributed by atoms with E-state index in [0.29, 0.717) is 11.6 Å². The molecular formula is C9H13N3O. The van der Waals surface area contributed by atoms with Crippen molar-refractivity contribution in [3.05, 3.63) is 30.1 Å². The maximum absolute atomic E-state index is 5.01. The predicted molar refractivity (Wildman–Crippen MR) is 50.9 cm³/mol. The second-order valence-electron chi connectivity index (χ2n) is 2.57. The van der Waals surface area contributed by atoms with Crippen molar-refractivity contribution in [2.45, 2.75) is 13.8 Å². The van der Waals surface area contributed by atoms with Crippen LogP contribution in [-0.2, 0) is 4.74 Å². The zero-order valence-electron chi connectivity index (χ0n) is 8.09. The van der Waals surface area contributed by atoms with Crippen LogP contribution >= 0.6 is 0 Å². The molecule has 4 nitrogen and oxygen atoms in total. The molecule has 0 amide bonds. The van der Waals surface area contributed by atoms with Crippen LogP contribution in [0.2, 0.25) is 0 Å². The summed E-state index contributed by atoms with van der Waals surface area (Å²) in [4.78, 5) is 4.18. The van der Waals surface area contributed by atoms with Crippen LogP contribution < -0.4 is 0 Å². The van der Waals surface area contributed by atoms with E-state index in [-0.39, 0.29) is 0 Å². The van der Waals surface area contributed by atoms with E-state index in [1.54, 1.807) is 7.11 Å². The van der Waals surface area contributed by atoms with Crippen LogP contribution in [0.25, 0.3) is 5.57 Å². The summed E-state index contributed by atoms with van der Waals surface area (Å²) in [5.41, 5.74) is 0.812. The summed E-state index contributed by atoms with van der Waals surface area (Å²) in [5, 5.41) is 6.77. The average Bonchev–Trinajstić information content (AvgIpc) is 2.53. The Bertz CT molecular complexity index is 338. The molecule has 1 heterocycles. The van der Waals surface area contributed by atoms with Gasteiger partial charge in [0.25, 0.3) is 0 Å². The van der Waals surface area contributed by atoms with Crippen LogP contribution in [0.1, 0.15) is 18.6 Å². The van der Waals surface area contributed by atoms with Gasteiger partial charge in [-0.25, -0.2) is 4.98 Å². The van der Waals surface area contributed by atoms with Gasteiger partial charge in [-0.1, -0.05) is 12.7 Å². The van der Waals surface area contributed by atoms with Crippen molar-refractivity contribution in [1.82, 2.24) is 15.2 Å². The number of hydrogen-bond acceptors (Lipinski definition) is 3. The van der Waals surface area contributed by atoms with E-state index >= 15 is 0 Å². The molecule has 0 aromatic carbocycles. The van der Waals surface area contributed by atoms with Crippen molar-refractivity contribution in [3.63, 3.8) is 0 Å². The van der Waals surface area contributed by atoms with Gasteiger partial charge in [-0.3, -0.25) is 5.10 Å². The summed E-state index contributed by atoms with van der Waals surface area (Å²) in [6, 6.07) is 0. The predicted octanol–water partition coefficient (Wildman–Crippen LogP) is 1.68. The fourth-order valence-corrected chi connectivity index (χ4v) is 0.988. The lowest BCUT2D eigenvalue weighted by atomic mass is 10.2. The SMILES string of the molecule is C=C(OC)/C(=C\C)c1n[nH]c(C)n1. The number of hydrogen-bond donors (Lipinski definition) is 1. The number of nitrogens with one attached hydrogen (secondary N) is 1. The monoisotopic (exact) mass is 179 g/mol. The summed E-state index contributed by atoms with van der Waals surface area (Å²) in [6.07, 6.45) is 1.87. The molecule has 1 aromatic rings. The van der Waals surface area contributed by atoms with E-state index in [0.717, 1.165) is 11.4 Å². The van der Waals surface area contributed by atoms with Gasteiger partial charge in [-0.05, 0) is 13.8 Å². The Hall–Kier alpha value is -1.58. The van der Waals surface area contributed by atoms with Crippen molar-refractivity contribution in [3.8, 4) is 0 Å². The van der Waals surface area contributed by atoms with Gasteiger partial charge in [0.1, 0.15) is 11.6 Å². The van der Waals surface area contributed by atoms with E-state index < -0.39 is 0 Å². The first kappa shape index (κ1) is 9.51. The Labute approximate surface area is 77.3 Å². The third-order valence-electron chi connectivity index (χ3n) is 1.67. The first-order valence-electron chi connectivity index (χ1n) is 3.98. The van der Waals surface area contributed by atoms with E-state index in [4.69, 9.17) is 4.74 Å². The van der Waals surface area contributed by atoms with Gasteiger partial charge in [0.05, 0.1) is 12.7 Å². The fourth-order valence-electron chi connectivity index (χ4n) is 0.988. The Kier molecular flexibility index (Phi) is 2.84. The van der Waals surface area contributed by atoms with Crippen LogP contribution in [0, 0.1) is 6.92 Å². The Morgan fingerprint density at radius 3 is 2.69 bits per heavy atom. The number of aryl methyl sites for hydroxylation is 1. The lowest BCUT2D eigenvalue weighted by Crippen LogP contribution is -1.93. The molecule has 0 saturated carbocycles. The molecule has 1 rings (SSSR count). The molecule has 4 heteroatoms. The molecule has 0 aliphatic carbocycles. The number of rotatable bonds is 3. The van der Waals surface area contributed by atoms with Gasteiger partial charge in [-0.15, -0.1) is 0 Å². The normalized spacial score (nSPS) is 11.5. The van der Waals surface area contributed by atoms with Crippen LogP contribution in [0.5, 0.6) is 0 Å². The van der Waals surface area contributed by atoms with E-state index in [1.165, 1.54) is 0 Å². The first-order chi connectivity index (χ1) is 6.19. The number of aromatic nitrogens is 3. The second kappa shape index (κ2) is 3.89. The van der Waals surface area contributed by atoms with Crippen molar-refractivity contribution in [2.75, 3.05) is 7.11 Å². The van der Waals surface area contributed by atoms with Gasteiger partial charge < -0.3 is 4.74 Å². The van der Waals surface area contributed by atoms with Gasteiger partial charge in [0.15, 0.2) is 5.82 Å². The minimum absolute atomic E-state index is 0.571. The molecule has 0 radical (unpaired) electrons. The lowest BCUT2D eigenvalue weighted by molar-refractivity contribution is 0.312. The maximum Gasteiger partial charge on any atom is 0.184 e. The minimum Gasteiger partial charge on any atom is -0.497 e. The molecule has 0 atom stereocenters. The highest BCUT2D eigenvalue weighted by Gasteiger charge is 2.09. The highest BCUT2D eigenvalue weighted by molar-refractivity contribution is 5.71. The number of allylic oxidation sites excluding steroid dienone is 2. The number of methoxy groups -OCH3 is 1. The van der Waals surface area contributed by atoms with Crippen LogP contribution in [0.3, 0.4) is 0 Å². The summed E-state index contributed by atoms with van der Waals surface area (Å²) in [7, 11) is 1.57. The molecule has 0 bridgehead atoms. The summed E-state index contributed by atoms with van der Waals surface area (Å²) < 4.78 is 5.01. The van der Waals surface area contributed by atoms with Crippen LogP contribution in [-0.4, -0.2) is 22.3 Å². The molecule has 13 heavy (non-hydrogen) atoms. The van der Waals surface area contributed by atoms with Crippen LogP contribution in [0.15, 0.2) is 18.4 Å². The second-order valence-corrected chi connectivity index (χ2v) is 2.57. The number of ether oxygens (including phenoxy) is 1. The maximum atomic E-state index is 5.01. The summed E-state index contributed by atoms with van der Waals surface area (Å²) >= 11 is 0.